The Bertz CT molecular complexity index is 468. The highest BCUT2D eigenvalue weighted by atomic mass is 79.9. The molecule has 0 saturated heterocycles. The van der Waals surface area contributed by atoms with E-state index in [4.69, 9.17) is 5.73 Å². The van der Waals surface area contributed by atoms with Crippen LogP contribution in [0.25, 0.3) is 10.9 Å². The van der Waals surface area contributed by atoms with Gasteiger partial charge >= 0.3 is 0 Å². The Balaban J connectivity index is 2.97. The molecule has 2 rings (SSSR count). The van der Waals surface area contributed by atoms with E-state index in [1.807, 2.05) is 18.2 Å². The standard InChI is InChI=1S/C9H6Br2N2/c10-6-4-7(11)9-5(8(6)12)2-1-3-13-9/h1-4H,12H2. The molecule has 2 N–H and O–H groups in total. The maximum atomic E-state index is 5.88. The molecule has 0 saturated carbocycles. The predicted octanol–water partition coefficient (Wildman–Crippen LogP) is 3.34. The minimum atomic E-state index is 0.728. The number of nitrogens with two attached hydrogens (primary N) is 1. The van der Waals surface area contributed by atoms with Crippen molar-refractivity contribution in [3.63, 3.8) is 0 Å². The zero-order chi connectivity index (χ0) is 9.42. The van der Waals surface area contributed by atoms with Gasteiger partial charge in [0.15, 0.2) is 0 Å². The monoisotopic (exact) mass is 300 g/mol. The van der Waals surface area contributed by atoms with Gasteiger partial charge in [-0.05, 0) is 50.1 Å². The van der Waals surface area contributed by atoms with Crippen molar-refractivity contribution in [2.75, 3.05) is 5.73 Å². The van der Waals surface area contributed by atoms with Crippen LogP contribution >= 0.6 is 31.9 Å². The van der Waals surface area contributed by atoms with Gasteiger partial charge in [0.25, 0.3) is 0 Å². The Labute approximate surface area is 92.4 Å². The summed E-state index contributed by atoms with van der Waals surface area (Å²) in [5.74, 6) is 0. The van der Waals surface area contributed by atoms with Crippen LogP contribution in [-0.2, 0) is 0 Å². The van der Waals surface area contributed by atoms with Crippen molar-refractivity contribution in [2.24, 2.45) is 0 Å². The molecule has 0 atom stereocenters. The maximum absolute atomic E-state index is 5.88. The Hall–Kier alpha value is -0.610. The van der Waals surface area contributed by atoms with Crippen molar-refractivity contribution in [2.45, 2.75) is 0 Å². The highest BCUT2D eigenvalue weighted by Crippen LogP contribution is 2.33. The SMILES string of the molecule is Nc1c(Br)cc(Br)c2ncccc12. The molecule has 1 heterocycles. The van der Waals surface area contributed by atoms with Gasteiger partial charge in [-0.3, -0.25) is 4.98 Å². The molecule has 1 aromatic heterocycles. The lowest BCUT2D eigenvalue weighted by Gasteiger charge is -2.05. The Morgan fingerprint density at radius 2 is 2.00 bits per heavy atom. The van der Waals surface area contributed by atoms with Gasteiger partial charge in [0, 0.05) is 20.5 Å². The number of fused-ring (bicyclic) bond motifs is 1. The average Bonchev–Trinajstić information content (AvgIpc) is 2.15. The highest BCUT2D eigenvalue weighted by Gasteiger charge is 2.06. The zero-order valence-corrected chi connectivity index (χ0v) is 9.76. The summed E-state index contributed by atoms with van der Waals surface area (Å²) >= 11 is 6.82. The average molecular weight is 302 g/mol. The van der Waals surface area contributed by atoms with Crippen LogP contribution in [0.4, 0.5) is 5.69 Å². The molecule has 0 spiro atoms. The first-order valence-corrected chi connectivity index (χ1v) is 5.27. The molecule has 0 radical (unpaired) electrons. The molecule has 0 aliphatic rings. The van der Waals surface area contributed by atoms with Crippen molar-refractivity contribution in [3.8, 4) is 0 Å². The van der Waals surface area contributed by atoms with E-state index in [2.05, 4.69) is 36.8 Å². The maximum Gasteiger partial charge on any atom is 0.0865 e. The second-order valence-electron chi connectivity index (χ2n) is 2.65. The van der Waals surface area contributed by atoms with E-state index >= 15 is 0 Å². The lowest BCUT2D eigenvalue weighted by atomic mass is 10.2. The minimum Gasteiger partial charge on any atom is -0.397 e. The summed E-state index contributed by atoms with van der Waals surface area (Å²) in [6.07, 6.45) is 1.75. The lowest BCUT2D eigenvalue weighted by Crippen LogP contribution is -1.90. The number of hydrogen-bond acceptors (Lipinski definition) is 2. The largest absolute Gasteiger partial charge is 0.397 e. The summed E-state index contributed by atoms with van der Waals surface area (Å²) in [5.41, 5.74) is 7.50. The van der Waals surface area contributed by atoms with Gasteiger partial charge in [-0.2, -0.15) is 0 Å². The first-order valence-electron chi connectivity index (χ1n) is 3.68. The van der Waals surface area contributed by atoms with E-state index in [1.165, 1.54) is 0 Å². The van der Waals surface area contributed by atoms with Crippen LogP contribution in [0.5, 0.6) is 0 Å². The van der Waals surface area contributed by atoms with E-state index in [9.17, 15) is 0 Å². The summed E-state index contributed by atoms with van der Waals surface area (Å²) in [5, 5.41) is 0.962. The summed E-state index contributed by atoms with van der Waals surface area (Å²) in [6, 6.07) is 5.73. The molecule has 1 aromatic carbocycles. The molecule has 66 valence electrons. The molecule has 0 aliphatic carbocycles. The number of nitrogens with zero attached hydrogens (tertiary/aromatic N) is 1. The van der Waals surface area contributed by atoms with E-state index in [0.29, 0.717) is 0 Å². The number of aromatic nitrogens is 1. The van der Waals surface area contributed by atoms with Crippen molar-refractivity contribution < 1.29 is 0 Å². The van der Waals surface area contributed by atoms with E-state index in [0.717, 1.165) is 25.5 Å². The molecule has 0 bridgehead atoms. The molecular formula is C9H6Br2N2. The minimum absolute atomic E-state index is 0.728. The fraction of sp³-hybridized carbons (Fsp3) is 0. The Morgan fingerprint density at radius 3 is 2.77 bits per heavy atom. The summed E-state index contributed by atoms with van der Waals surface area (Å²) in [6.45, 7) is 0. The van der Waals surface area contributed by atoms with Gasteiger partial charge in [0.2, 0.25) is 0 Å². The first kappa shape index (κ1) is 8.97. The number of pyridine rings is 1. The van der Waals surface area contributed by atoms with E-state index < -0.39 is 0 Å². The number of benzene rings is 1. The van der Waals surface area contributed by atoms with Crippen LogP contribution in [-0.4, -0.2) is 4.98 Å². The number of rotatable bonds is 0. The zero-order valence-electron chi connectivity index (χ0n) is 6.59. The third kappa shape index (κ3) is 1.44. The summed E-state index contributed by atoms with van der Waals surface area (Å²) in [7, 11) is 0. The van der Waals surface area contributed by atoms with Crippen LogP contribution in [0.3, 0.4) is 0 Å². The van der Waals surface area contributed by atoms with Crippen molar-refractivity contribution in [1.82, 2.24) is 4.98 Å². The number of anilines is 1. The Morgan fingerprint density at radius 1 is 1.23 bits per heavy atom. The molecule has 4 heteroatoms. The van der Waals surface area contributed by atoms with Crippen LogP contribution < -0.4 is 5.73 Å². The molecule has 2 nitrogen and oxygen atoms in total. The predicted molar refractivity (Wildman–Crippen MR) is 61.6 cm³/mol. The van der Waals surface area contributed by atoms with Crippen molar-refractivity contribution >= 4 is 48.5 Å². The van der Waals surface area contributed by atoms with Gasteiger partial charge in [0.1, 0.15) is 0 Å². The second kappa shape index (κ2) is 3.27. The highest BCUT2D eigenvalue weighted by molar-refractivity contribution is 9.11. The van der Waals surface area contributed by atoms with Gasteiger partial charge in [0.05, 0.1) is 11.2 Å². The number of nitrogen functional groups attached to an aromatic ring is 1. The lowest BCUT2D eigenvalue weighted by molar-refractivity contribution is 1.40. The second-order valence-corrected chi connectivity index (χ2v) is 4.36. The fourth-order valence-electron chi connectivity index (χ4n) is 1.20. The van der Waals surface area contributed by atoms with E-state index in [1.54, 1.807) is 6.20 Å². The van der Waals surface area contributed by atoms with Crippen molar-refractivity contribution in [1.29, 1.82) is 0 Å². The molecular weight excluding hydrogens is 296 g/mol. The molecule has 2 aromatic rings. The van der Waals surface area contributed by atoms with Gasteiger partial charge in [-0.1, -0.05) is 0 Å². The third-order valence-corrected chi connectivity index (χ3v) is 3.10. The number of hydrogen-bond donors (Lipinski definition) is 1. The number of halogens is 2. The third-order valence-electron chi connectivity index (χ3n) is 1.83. The van der Waals surface area contributed by atoms with Gasteiger partial charge in [-0.25, -0.2) is 0 Å². The van der Waals surface area contributed by atoms with Crippen LogP contribution in [0.1, 0.15) is 0 Å². The summed E-state index contributed by atoms with van der Waals surface area (Å²) < 4.78 is 1.84. The first-order chi connectivity index (χ1) is 6.20. The topological polar surface area (TPSA) is 38.9 Å². The molecule has 0 fully saturated rings. The van der Waals surface area contributed by atoms with Crippen LogP contribution in [0.15, 0.2) is 33.3 Å². The van der Waals surface area contributed by atoms with Gasteiger partial charge in [-0.15, -0.1) is 0 Å². The molecule has 13 heavy (non-hydrogen) atoms. The van der Waals surface area contributed by atoms with Gasteiger partial charge < -0.3 is 5.73 Å². The normalized spacial score (nSPS) is 10.6. The van der Waals surface area contributed by atoms with Crippen molar-refractivity contribution in [3.05, 3.63) is 33.3 Å². The molecule has 0 unspecified atom stereocenters. The quantitative estimate of drug-likeness (QED) is 0.758. The van der Waals surface area contributed by atoms with E-state index in [-0.39, 0.29) is 0 Å². The van der Waals surface area contributed by atoms with Crippen LogP contribution in [0.2, 0.25) is 0 Å². The van der Waals surface area contributed by atoms with Crippen LogP contribution in [0, 0.1) is 0 Å². The molecule has 0 aliphatic heterocycles. The molecule has 0 amide bonds. The summed E-state index contributed by atoms with van der Waals surface area (Å²) in [4.78, 5) is 4.23. The fourth-order valence-corrected chi connectivity index (χ4v) is 2.49. The Kier molecular flexibility index (Phi) is 2.26. The smallest absolute Gasteiger partial charge is 0.0865 e.